The lowest BCUT2D eigenvalue weighted by Crippen LogP contribution is -2.36. The molecule has 0 saturated heterocycles. The molecule has 0 aliphatic heterocycles. The van der Waals surface area contributed by atoms with Crippen LogP contribution in [0.15, 0.2) is 0 Å². The average Bonchev–Trinajstić information content (AvgIpc) is 2.97. The molecule has 0 aromatic rings. The van der Waals surface area contributed by atoms with Gasteiger partial charge in [0.1, 0.15) is 0 Å². The topological polar surface area (TPSA) is 61.7 Å². The van der Waals surface area contributed by atoms with Gasteiger partial charge in [-0.25, -0.2) is 0 Å². The van der Waals surface area contributed by atoms with Gasteiger partial charge < -0.3 is 20.3 Å². The van der Waals surface area contributed by atoms with Crippen molar-refractivity contribution in [3.05, 3.63) is 0 Å². The van der Waals surface area contributed by atoms with E-state index in [0.717, 1.165) is 12.8 Å². The Morgan fingerprint density at radius 2 is 1.93 bits per heavy atom. The predicted molar refractivity (Wildman–Crippen MR) is 58.7 cm³/mol. The van der Waals surface area contributed by atoms with Crippen LogP contribution in [0, 0.1) is 5.92 Å². The molecule has 0 aromatic carbocycles. The Hall–Kier alpha value is -0.160. The zero-order chi connectivity index (χ0) is 11.3. The lowest BCUT2D eigenvalue weighted by molar-refractivity contribution is 0.00517. The van der Waals surface area contributed by atoms with Crippen LogP contribution in [0.4, 0.5) is 0 Å². The summed E-state index contributed by atoms with van der Waals surface area (Å²) in [5.41, 5.74) is 0. The molecule has 2 unspecified atom stereocenters. The Morgan fingerprint density at radius 1 is 1.27 bits per heavy atom. The molecule has 1 saturated carbocycles. The first-order chi connectivity index (χ1) is 7.09. The molecule has 4 nitrogen and oxygen atoms in total. The van der Waals surface area contributed by atoms with Gasteiger partial charge >= 0.3 is 0 Å². The molecule has 3 N–H and O–H groups in total. The molecular formula is C11H23NO3. The smallest absolute Gasteiger partial charge is 0.0897 e. The van der Waals surface area contributed by atoms with Crippen molar-refractivity contribution >= 4 is 0 Å². The standard InChI is InChI=1S/C11H23NO3/c1-8(2)15-7-10(13)5-12-6-11(14)9-3-4-9/h8-14H,3-7H2,1-2H3. The predicted octanol–water partition coefficient (Wildman–Crippen LogP) is 0.133. The number of rotatable bonds is 8. The number of ether oxygens (including phenoxy) is 1. The van der Waals surface area contributed by atoms with Crippen LogP contribution in [0.25, 0.3) is 0 Å². The van der Waals surface area contributed by atoms with Crippen LogP contribution in [0.2, 0.25) is 0 Å². The van der Waals surface area contributed by atoms with Crippen molar-refractivity contribution in [2.24, 2.45) is 5.92 Å². The highest BCUT2D eigenvalue weighted by atomic mass is 16.5. The third-order valence-corrected chi connectivity index (χ3v) is 2.52. The summed E-state index contributed by atoms with van der Waals surface area (Å²) in [6.07, 6.45) is 1.70. The normalized spacial score (nSPS) is 20.6. The van der Waals surface area contributed by atoms with E-state index in [0.29, 0.717) is 25.6 Å². The molecule has 2 atom stereocenters. The Labute approximate surface area is 91.6 Å². The molecule has 90 valence electrons. The molecule has 4 heteroatoms. The summed E-state index contributed by atoms with van der Waals surface area (Å²) in [6.45, 7) is 5.29. The maximum atomic E-state index is 9.54. The van der Waals surface area contributed by atoms with E-state index in [4.69, 9.17) is 4.74 Å². The third-order valence-electron chi connectivity index (χ3n) is 2.52. The molecule has 0 bridgehead atoms. The number of aliphatic hydroxyl groups excluding tert-OH is 2. The van der Waals surface area contributed by atoms with E-state index >= 15 is 0 Å². The Kier molecular flexibility index (Phi) is 5.53. The first kappa shape index (κ1) is 12.9. The van der Waals surface area contributed by atoms with Crippen LogP contribution in [0.1, 0.15) is 26.7 Å². The van der Waals surface area contributed by atoms with Gasteiger partial charge in [0.15, 0.2) is 0 Å². The van der Waals surface area contributed by atoms with E-state index in [1.807, 2.05) is 13.8 Å². The lowest BCUT2D eigenvalue weighted by atomic mass is 10.2. The second-order valence-electron chi connectivity index (χ2n) is 4.60. The highest BCUT2D eigenvalue weighted by Gasteiger charge is 2.29. The number of aliphatic hydroxyl groups is 2. The van der Waals surface area contributed by atoms with Crippen molar-refractivity contribution in [3.8, 4) is 0 Å². The van der Waals surface area contributed by atoms with E-state index in [1.54, 1.807) is 0 Å². The minimum atomic E-state index is -0.487. The minimum Gasteiger partial charge on any atom is -0.392 e. The zero-order valence-corrected chi connectivity index (χ0v) is 9.65. The van der Waals surface area contributed by atoms with Gasteiger partial charge in [0.2, 0.25) is 0 Å². The van der Waals surface area contributed by atoms with Gasteiger partial charge in [-0.15, -0.1) is 0 Å². The summed E-state index contributed by atoms with van der Waals surface area (Å²) in [7, 11) is 0. The molecule has 0 radical (unpaired) electrons. The van der Waals surface area contributed by atoms with E-state index in [2.05, 4.69) is 5.32 Å². The molecule has 0 aromatic heterocycles. The van der Waals surface area contributed by atoms with Gasteiger partial charge in [-0.2, -0.15) is 0 Å². The second kappa shape index (κ2) is 6.43. The molecule has 15 heavy (non-hydrogen) atoms. The number of hydrogen-bond acceptors (Lipinski definition) is 4. The maximum absolute atomic E-state index is 9.54. The lowest BCUT2D eigenvalue weighted by Gasteiger charge is -2.15. The first-order valence-electron chi connectivity index (χ1n) is 5.78. The van der Waals surface area contributed by atoms with E-state index in [1.165, 1.54) is 0 Å². The second-order valence-corrected chi connectivity index (χ2v) is 4.60. The Bertz CT molecular complexity index is 171. The first-order valence-corrected chi connectivity index (χ1v) is 5.78. The molecule has 0 amide bonds. The number of nitrogens with one attached hydrogen (secondary N) is 1. The number of hydrogen-bond donors (Lipinski definition) is 3. The van der Waals surface area contributed by atoms with Crippen molar-refractivity contribution in [2.45, 2.75) is 45.0 Å². The highest BCUT2D eigenvalue weighted by molar-refractivity contribution is 4.82. The molecule has 1 aliphatic rings. The average molecular weight is 217 g/mol. The van der Waals surface area contributed by atoms with Crippen molar-refractivity contribution in [1.82, 2.24) is 5.32 Å². The highest BCUT2D eigenvalue weighted by Crippen LogP contribution is 2.32. The monoisotopic (exact) mass is 217 g/mol. The molecule has 1 fully saturated rings. The molecule has 0 spiro atoms. The molecule has 0 heterocycles. The summed E-state index contributed by atoms with van der Waals surface area (Å²) in [4.78, 5) is 0. The van der Waals surface area contributed by atoms with E-state index in [-0.39, 0.29) is 12.2 Å². The zero-order valence-electron chi connectivity index (χ0n) is 9.65. The summed E-state index contributed by atoms with van der Waals surface area (Å²) >= 11 is 0. The Morgan fingerprint density at radius 3 is 2.47 bits per heavy atom. The van der Waals surface area contributed by atoms with Crippen LogP contribution in [0.5, 0.6) is 0 Å². The van der Waals surface area contributed by atoms with Crippen LogP contribution < -0.4 is 5.32 Å². The molecule has 1 aliphatic carbocycles. The van der Waals surface area contributed by atoms with Gasteiger partial charge in [0, 0.05) is 13.1 Å². The van der Waals surface area contributed by atoms with Crippen molar-refractivity contribution in [3.63, 3.8) is 0 Å². The van der Waals surface area contributed by atoms with Crippen LogP contribution in [0.3, 0.4) is 0 Å². The third kappa shape index (κ3) is 6.10. The quantitative estimate of drug-likeness (QED) is 0.541. The van der Waals surface area contributed by atoms with Gasteiger partial charge in [0.25, 0.3) is 0 Å². The van der Waals surface area contributed by atoms with Crippen LogP contribution in [-0.2, 0) is 4.74 Å². The fourth-order valence-electron chi connectivity index (χ4n) is 1.41. The summed E-state index contributed by atoms with van der Waals surface area (Å²) < 4.78 is 5.27. The van der Waals surface area contributed by atoms with Gasteiger partial charge in [0.05, 0.1) is 24.9 Å². The fourth-order valence-corrected chi connectivity index (χ4v) is 1.41. The van der Waals surface area contributed by atoms with Crippen molar-refractivity contribution in [2.75, 3.05) is 19.7 Å². The summed E-state index contributed by atoms with van der Waals surface area (Å²) in [5.74, 6) is 0.488. The van der Waals surface area contributed by atoms with E-state index in [9.17, 15) is 10.2 Å². The van der Waals surface area contributed by atoms with Crippen LogP contribution in [-0.4, -0.2) is 48.2 Å². The summed E-state index contributed by atoms with van der Waals surface area (Å²) in [5, 5.41) is 22.1. The van der Waals surface area contributed by atoms with E-state index < -0.39 is 6.10 Å². The van der Waals surface area contributed by atoms with Crippen LogP contribution >= 0.6 is 0 Å². The minimum absolute atomic E-state index is 0.150. The Balaban J connectivity index is 1.93. The van der Waals surface area contributed by atoms with Crippen molar-refractivity contribution < 1.29 is 14.9 Å². The van der Waals surface area contributed by atoms with Crippen molar-refractivity contribution in [1.29, 1.82) is 0 Å². The molecule has 1 rings (SSSR count). The van der Waals surface area contributed by atoms with Gasteiger partial charge in [-0.1, -0.05) is 0 Å². The SMILES string of the molecule is CC(C)OCC(O)CNCC(O)C1CC1. The maximum Gasteiger partial charge on any atom is 0.0897 e. The van der Waals surface area contributed by atoms with Gasteiger partial charge in [-0.05, 0) is 32.6 Å². The summed E-state index contributed by atoms with van der Waals surface area (Å²) in [6, 6.07) is 0. The fraction of sp³-hybridized carbons (Fsp3) is 1.00. The largest absolute Gasteiger partial charge is 0.392 e. The molecular weight excluding hydrogens is 194 g/mol. The van der Waals surface area contributed by atoms with Gasteiger partial charge in [-0.3, -0.25) is 0 Å².